The van der Waals surface area contributed by atoms with Crippen molar-refractivity contribution in [1.29, 1.82) is 0 Å². The van der Waals surface area contributed by atoms with E-state index in [9.17, 15) is 13.5 Å². The zero-order valence-corrected chi connectivity index (χ0v) is 13.2. The van der Waals surface area contributed by atoms with Crippen LogP contribution in [0.1, 0.15) is 31.2 Å². The maximum Gasteiger partial charge on any atom is 0.240 e. The van der Waals surface area contributed by atoms with Gasteiger partial charge in [0.05, 0.1) is 4.90 Å². The highest BCUT2D eigenvalue weighted by atomic mass is 32.2. The Morgan fingerprint density at radius 1 is 1.29 bits per heavy atom. The Morgan fingerprint density at radius 3 is 2.62 bits per heavy atom. The Balaban J connectivity index is 2.09. The predicted octanol–water partition coefficient (Wildman–Crippen LogP) is 1.65. The first-order chi connectivity index (χ1) is 9.95. The van der Waals surface area contributed by atoms with Crippen LogP contribution >= 0.6 is 0 Å². The van der Waals surface area contributed by atoms with E-state index in [-0.39, 0.29) is 23.3 Å². The third-order valence-corrected chi connectivity index (χ3v) is 6.02. The first-order valence-corrected chi connectivity index (χ1v) is 8.89. The summed E-state index contributed by atoms with van der Waals surface area (Å²) in [5.74, 6) is 0.406. The van der Waals surface area contributed by atoms with Gasteiger partial charge in [-0.1, -0.05) is 18.9 Å². The summed E-state index contributed by atoms with van der Waals surface area (Å²) >= 11 is 0. The number of aliphatic hydroxyl groups excluding tert-OH is 1. The van der Waals surface area contributed by atoms with Gasteiger partial charge in [0, 0.05) is 18.8 Å². The molecular weight excluding hydrogens is 288 g/mol. The van der Waals surface area contributed by atoms with Gasteiger partial charge in [0.25, 0.3) is 0 Å². The number of hydrogen-bond acceptors (Lipinski definition) is 4. The summed E-state index contributed by atoms with van der Waals surface area (Å²) < 4.78 is 27.5. The molecule has 1 aromatic carbocycles. The van der Waals surface area contributed by atoms with E-state index >= 15 is 0 Å². The van der Waals surface area contributed by atoms with E-state index in [2.05, 4.69) is 4.72 Å². The van der Waals surface area contributed by atoms with Gasteiger partial charge < -0.3 is 10.8 Å². The fourth-order valence-corrected chi connectivity index (χ4v) is 4.38. The van der Waals surface area contributed by atoms with Crippen LogP contribution in [0.2, 0.25) is 0 Å². The van der Waals surface area contributed by atoms with E-state index < -0.39 is 10.0 Å². The average Bonchev–Trinajstić information content (AvgIpc) is 2.48. The van der Waals surface area contributed by atoms with Crippen molar-refractivity contribution in [3.8, 4) is 0 Å². The van der Waals surface area contributed by atoms with Crippen LogP contribution in [0.15, 0.2) is 23.1 Å². The number of benzene rings is 1. The molecule has 0 aromatic heterocycles. The maximum atomic E-state index is 12.4. The number of anilines is 1. The molecule has 0 heterocycles. The van der Waals surface area contributed by atoms with Gasteiger partial charge in [0.2, 0.25) is 10.0 Å². The predicted molar refractivity (Wildman–Crippen MR) is 83.3 cm³/mol. The highest BCUT2D eigenvalue weighted by Crippen LogP contribution is 2.29. The third kappa shape index (κ3) is 3.75. The Morgan fingerprint density at radius 2 is 1.95 bits per heavy atom. The summed E-state index contributed by atoms with van der Waals surface area (Å²) in [6.07, 6.45) is 4.15. The molecule has 118 valence electrons. The van der Waals surface area contributed by atoms with Gasteiger partial charge in [-0.2, -0.15) is 0 Å². The second-order valence-electron chi connectivity index (χ2n) is 5.81. The number of nitrogen functional groups attached to an aromatic ring is 1. The highest BCUT2D eigenvalue weighted by molar-refractivity contribution is 7.89. The van der Waals surface area contributed by atoms with Crippen molar-refractivity contribution >= 4 is 15.7 Å². The Bertz CT molecular complexity index is 587. The van der Waals surface area contributed by atoms with Gasteiger partial charge >= 0.3 is 0 Å². The molecule has 0 radical (unpaired) electrons. The molecule has 1 saturated carbocycles. The van der Waals surface area contributed by atoms with E-state index in [4.69, 9.17) is 5.73 Å². The molecule has 0 amide bonds. The van der Waals surface area contributed by atoms with Crippen LogP contribution in [0, 0.1) is 18.8 Å². The maximum absolute atomic E-state index is 12.4. The first-order valence-electron chi connectivity index (χ1n) is 7.41. The summed E-state index contributed by atoms with van der Waals surface area (Å²) in [6, 6.07) is 4.91. The van der Waals surface area contributed by atoms with Gasteiger partial charge in [-0.05, 0) is 49.3 Å². The molecule has 1 aliphatic rings. The second kappa shape index (κ2) is 6.77. The minimum absolute atomic E-state index is 0.129. The topological polar surface area (TPSA) is 92.4 Å². The lowest BCUT2D eigenvalue weighted by molar-refractivity contribution is 0.136. The van der Waals surface area contributed by atoms with Crippen molar-refractivity contribution in [3.63, 3.8) is 0 Å². The molecule has 21 heavy (non-hydrogen) atoms. The standard InChI is InChI=1S/C15H24N2O3S/c1-11-14(16)7-4-8-15(11)21(19,20)17-9-12-5-2-3-6-13(12)10-18/h4,7-8,12-13,17-18H,2-3,5-6,9-10,16H2,1H3. The fourth-order valence-electron chi connectivity index (χ4n) is 3.01. The van der Waals surface area contributed by atoms with Crippen LogP contribution in [0.3, 0.4) is 0 Å². The average molecular weight is 312 g/mol. The quantitative estimate of drug-likeness (QED) is 0.721. The molecule has 1 aliphatic carbocycles. The minimum atomic E-state index is -3.56. The Kier molecular flexibility index (Phi) is 5.24. The zero-order valence-electron chi connectivity index (χ0n) is 12.4. The summed E-state index contributed by atoms with van der Waals surface area (Å²) in [7, 11) is -3.56. The van der Waals surface area contributed by atoms with Crippen molar-refractivity contribution in [1.82, 2.24) is 4.72 Å². The monoisotopic (exact) mass is 312 g/mol. The first kappa shape index (κ1) is 16.3. The summed E-state index contributed by atoms with van der Waals surface area (Å²) in [4.78, 5) is 0.235. The van der Waals surface area contributed by atoms with Gasteiger partial charge in [-0.3, -0.25) is 0 Å². The number of sulfonamides is 1. The zero-order chi connectivity index (χ0) is 15.5. The molecule has 2 atom stereocenters. The van der Waals surface area contributed by atoms with Crippen molar-refractivity contribution in [2.75, 3.05) is 18.9 Å². The molecule has 1 aromatic rings. The van der Waals surface area contributed by atoms with E-state index in [1.807, 2.05) is 0 Å². The molecule has 0 saturated heterocycles. The molecule has 2 rings (SSSR count). The van der Waals surface area contributed by atoms with E-state index in [0.717, 1.165) is 25.7 Å². The number of aliphatic hydroxyl groups is 1. The Labute approximate surface area is 126 Å². The van der Waals surface area contributed by atoms with E-state index in [0.29, 0.717) is 17.8 Å². The van der Waals surface area contributed by atoms with Crippen molar-refractivity contribution < 1.29 is 13.5 Å². The second-order valence-corrected chi connectivity index (χ2v) is 7.54. The van der Waals surface area contributed by atoms with Crippen LogP contribution in [-0.2, 0) is 10.0 Å². The number of rotatable bonds is 5. The van der Waals surface area contributed by atoms with Crippen molar-refractivity contribution in [2.45, 2.75) is 37.5 Å². The lowest BCUT2D eigenvalue weighted by Crippen LogP contribution is -2.35. The Hall–Kier alpha value is -1.11. The lowest BCUT2D eigenvalue weighted by Gasteiger charge is -2.30. The number of nitrogens with two attached hydrogens (primary N) is 1. The molecule has 2 unspecified atom stereocenters. The van der Waals surface area contributed by atoms with Gasteiger partial charge in [0.15, 0.2) is 0 Å². The SMILES string of the molecule is Cc1c(N)cccc1S(=O)(=O)NCC1CCCCC1CO. The molecule has 6 heteroatoms. The van der Waals surface area contributed by atoms with Crippen LogP contribution in [-0.4, -0.2) is 26.7 Å². The van der Waals surface area contributed by atoms with Crippen LogP contribution < -0.4 is 10.5 Å². The smallest absolute Gasteiger partial charge is 0.240 e. The van der Waals surface area contributed by atoms with Crippen LogP contribution in [0.25, 0.3) is 0 Å². The molecule has 1 fully saturated rings. The molecule has 5 nitrogen and oxygen atoms in total. The highest BCUT2D eigenvalue weighted by Gasteiger charge is 2.26. The third-order valence-electron chi connectivity index (χ3n) is 4.45. The van der Waals surface area contributed by atoms with Crippen LogP contribution in [0.5, 0.6) is 0 Å². The van der Waals surface area contributed by atoms with Crippen LogP contribution in [0.4, 0.5) is 5.69 Å². The molecular formula is C15H24N2O3S. The van der Waals surface area contributed by atoms with Crippen molar-refractivity contribution in [2.24, 2.45) is 11.8 Å². The summed E-state index contributed by atoms with van der Waals surface area (Å²) in [5.41, 5.74) is 6.83. The lowest BCUT2D eigenvalue weighted by atomic mass is 9.80. The van der Waals surface area contributed by atoms with Crippen molar-refractivity contribution in [3.05, 3.63) is 23.8 Å². The normalized spacial score (nSPS) is 23.1. The largest absolute Gasteiger partial charge is 0.398 e. The summed E-state index contributed by atoms with van der Waals surface area (Å²) in [6.45, 7) is 2.21. The molecule has 0 spiro atoms. The molecule has 0 bridgehead atoms. The van der Waals surface area contributed by atoms with Gasteiger partial charge in [0.1, 0.15) is 0 Å². The number of hydrogen-bond donors (Lipinski definition) is 3. The fraction of sp³-hybridized carbons (Fsp3) is 0.600. The summed E-state index contributed by atoms with van der Waals surface area (Å²) in [5, 5.41) is 9.39. The minimum Gasteiger partial charge on any atom is -0.398 e. The van der Waals surface area contributed by atoms with Gasteiger partial charge in [-0.15, -0.1) is 0 Å². The molecule has 0 aliphatic heterocycles. The number of nitrogens with one attached hydrogen (secondary N) is 1. The van der Waals surface area contributed by atoms with Gasteiger partial charge in [-0.25, -0.2) is 13.1 Å². The van der Waals surface area contributed by atoms with E-state index in [1.165, 1.54) is 0 Å². The van der Waals surface area contributed by atoms with E-state index in [1.54, 1.807) is 25.1 Å². The molecule has 4 N–H and O–H groups in total.